The number of rotatable bonds is 2. The molecule has 0 amide bonds. The van der Waals surface area contributed by atoms with Crippen molar-refractivity contribution < 1.29 is 4.79 Å². The molecule has 1 aromatic carbocycles. The molecule has 0 aliphatic carbocycles. The second kappa shape index (κ2) is 4.01. The summed E-state index contributed by atoms with van der Waals surface area (Å²) in [6, 6.07) is 3.97. The number of alkyl halides is 1. The van der Waals surface area contributed by atoms with Crippen LogP contribution in [0.15, 0.2) is 22.0 Å². The van der Waals surface area contributed by atoms with Crippen molar-refractivity contribution in [1.82, 2.24) is 0 Å². The van der Waals surface area contributed by atoms with Crippen LogP contribution in [-0.2, 0) is 5.88 Å². The largest absolute Gasteiger partial charge is 0.298 e. The fourth-order valence-corrected chi connectivity index (χ4v) is 3.49. The van der Waals surface area contributed by atoms with Gasteiger partial charge in [-0.1, -0.05) is 6.07 Å². The second-order valence-corrected chi connectivity index (χ2v) is 4.83. The molecular formula is C10H6BrClOS. The summed E-state index contributed by atoms with van der Waals surface area (Å²) in [6.07, 6.45) is 0.877. The zero-order valence-electron chi connectivity index (χ0n) is 7.09. The first-order valence-corrected chi connectivity index (χ1v) is 6.18. The first kappa shape index (κ1) is 10.1. The molecule has 2 rings (SSSR count). The summed E-state index contributed by atoms with van der Waals surface area (Å²) in [7, 11) is 0. The molecule has 14 heavy (non-hydrogen) atoms. The molecule has 4 heteroatoms. The van der Waals surface area contributed by atoms with Gasteiger partial charge < -0.3 is 0 Å². The Morgan fingerprint density at radius 1 is 1.50 bits per heavy atom. The molecule has 0 N–H and O–H groups in total. The van der Waals surface area contributed by atoms with Gasteiger partial charge in [0.1, 0.15) is 0 Å². The van der Waals surface area contributed by atoms with E-state index in [4.69, 9.17) is 11.6 Å². The molecule has 72 valence electrons. The van der Waals surface area contributed by atoms with Gasteiger partial charge in [-0.3, -0.25) is 4.79 Å². The van der Waals surface area contributed by atoms with Crippen LogP contribution >= 0.6 is 38.9 Å². The predicted octanol–water partition coefficient (Wildman–Crippen LogP) is 4.22. The van der Waals surface area contributed by atoms with E-state index in [1.165, 1.54) is 0 Å². The fourth-order valence-electron chi connectivity index (χ4n) is 1.34. The first-order chi connectivity index (χ1) is 6.77. The number of carbonyl (C=O) groups is 1. The number of hydrogen-bond acceptors (Lipinski definition) is 2. The van der Waals surface area contributed by atoms with Gasteiger partial charge in [-0.05, 0) is 27.6 Å². The van der Waals surface area contributed by atoms with Crippen LogP contribution < -0.4 is 0 Å². The van der Waals surface area contributed by atoms with E-state index in [9.17, 15) is 4.79 Å². The Hall–Kier alpha value is -0.380. The van der Waals surface area contributed by atoms with E-state index in [1.54, 1.807) is 11.3 Å². The number of hydrogen-bond donors (Lipinski definition) is 0. The highest BCUT2D eigenvalue weighted by Gasteiger charge is 2.09. The maximum atomic E-state index is 10.8. The number of aldehydes is 1. The molecule has 0 bridgehead atoms. The number of halogens is 2. The number of thiophene rings is 1. The van der Waals surface area contributed by atoms with Crippen LogP contribution in [0.1, 0.15) is 15.9 Å². The summed E-state index contributed by atoms with van der Waals surface area (Å²) in [5.41, 5.74) is 1.74. The highest BCUT2D eigenvalue weighted by molar-refractivity contribution is 9.10. The van der Waals surface area contributed by atoms with E-state index < -0.39 is 0 Å². The molecule has 0 unspecified atom stereocenters. The summed E-state index contributed by atoms with van der Waals surface area (Å²) in [5.74, 6) is 0.449. The molecule has 0 aliphatic heterocycles. The summed E-state index contributed by atoms with van der Waals surface area (Å²) in [5, 5.41) is 2.84. The Kier molecular flexibility index (Phi) is 2.91. The smallest absolute Gasteiger partial charge is 0.151 e. The maximum Gasteiger partial charge on any atom is 0.151 e. The lowest BCUT2D eigenvalue weighted by molar-refractivity contribution is 0.112. The third-order valence-electron chi connectivity index (χ3n) is 2.06. The number of fused-ring (bicyclic) bond motifs is 1. The van der Waals surface area contributed by atoms with E-state index in [1.807, 2.05) is 17.5 Å². The third-order valence-corrected chi connectivity index (χ3v) is 4.22. The minimum Gasteiger partial charge on any atom is -0.298 e. The molecule has 1 nitrogen and oxygen atoms in total. The van der Waals surface area contributed by atoms with Crippen molar-refractivity contribution in [2.75, 3.05) is 0 Å². The molecular weight excluding hydrogens is 284 g/mol. The average Bonchev–Trinajstić information content (AvgIpc) is 2.62. The van der Waals surface area contributed by atoms with E-state index >= 15 is 0 Å². The monoisotopic (exact) mass is 288 g/mol. The molecule has 2 aromatic rings. The van der Waals surface area contributed by atoms with Crippen molar-refractivity contribution in [1.29, 1.82) is 0 Å². The predicted molar refractivity (Wildman–Crippen MR) is 64.5 cm³/mol. The summed E-state index contributed by atoms with van der Waals surface area (Å²) < 4.78 is 2.04. The van der Waals surface area contributed by atoms with Crippen molar-refractivity contribution in [2.45, 2.75) is 5.88 Å². The van der Waals surface area contributed by atoms with Crippen molar-refractivity contribution in [3.8, 4) is 0 Å². The van der Waals surface area contributed by atoms with Gasteiger partial charge in [-0.25, -0.2) is 0 Å². The van der Waals surface area contributed by atoms with Gasteiger partial charge in [0, 0.05) is 31.4 Å². The van der Waals surface area contributed by atoms with E-state index in [0.29, 0.717) is 5.88 Å². The average molecular weight is 290 g/mol. The van der Waals surface area contributed by atoms with Gasteiger partial charge in [0.05, 0.1) is 0 Å². The highest BCUT2D eigenvalue weighted by Crippen LogP contribution is 2.34. The fraction of sp³-hybridized carbons (Fsp3) is 0.100. The first-order valence-electron chi connectivity index (χ1n) is 3.97. The molecule has 1 aromatic heterocycles. The van der Waals surface area contributed by atoms with E-state index in [2.05, 4.69) is 15.9 Å². The normalized spacial score (nSPS) is 10.7. The van der Waals surface area contributed by atoms with E-state index in [0.717, 1.165) is 32.0 Å². The molecule has 0 spiro atoms. The lowest BCUT2D eigenvalue weighted by Crippen LogP contribution is -1.83. The zero-order valence-corrected chi connectivity index (χ0v) is 10.2. The Bertz CT molecular complexity index is 492. The second-order valence-electron chi connectivity index (χ2n) is 2.85. The Balaban J connectivity index is 2.83. The number of carbonyl (C=O) groups excluding carboxylic acids is 1. The minimum atomic E-state index is 0.449. The van der Waals surface area contributed by atoms with Gasteiger partial charge in [0.2, 0.25) is 0 Å². The highest BCUT2D eigenvalue weighted by atomic mass is 79.9. The van der Waals surface area contributed by atoms with Crippen molar-refractivity contribution in [3.63, 3.8) is 0 Å². The Labute approximate surface area is 98.8 Å². The lowest BCUT2D eigenvalue weighted by Gasteiger charge is -2.01. The van der Waals surface area contributed by atoms with Crippen LogP contribution in [0.5, 0.6) is 0 Å². The zero-order chi connectivity index (χ0) is 10.1. The van der Waals surface area contributed by atoms with Crippen LogP contribution in [-0.4, -0.2) is 6.29 Å². The maximum absolute atomic E-state index is 10.8. The SMILES string of the molecule is O=Cc1csc2ccc(CCl)c(Br)c12. The van der Waals surface area contributed by atoms with Crippen molar-refractivity contribution >= 4 is 55.2 Å². The van der Waals surface area contributed by atoms with Crippen LogP contribution in [0.4, 0.5) is 0 Å². The van der Waals surface area contributed by atoms with Gasteiger partial charge in [-0.15, -0.1) is 22.9 Å². The topological polar surface area (TPSA) is 17.1 Å². The Morgan fingerprint density at radius 3 is 2.93 bits per heavy atom. The van der Waals surface area contributed by atoms with Crippen molar-refractivity contribution in [2.24, 2.45) is 0 Å². The van der Waals surface area contributed by atoms with Crippen LogP contribution in [0, 0.1) is 0 Å². The third kappa shape index (κ3) is 1.49. The lowest BCUT2D eigenvalue weighted by atomic mass is 10.1. The van der Waals surface area contributed by atoms with E-state index in [-0.39, 0.29) is 0 Å². The molecule has 0 saturated heterocycles. The standard InChI is InChI=1S/C10H6BrClOS/c11-10-6(3-12)1-2-8-9(10)7(4-13)5-14-8/h1-2,4-5H,3H2. The van der Waals surface area contributed by atoms with Crippen molar-refractivity contribution in [3.05, 3.63) is 33.1 Å². The summed E-state index contributed by atoms with van der Waals surface area (Å²) in [4.78, 5) is 10.8. The van der Waals surface area contributed by atoms with Crippen LogP contribution in [0.3, 0.4) is 0 Å². The molecule has 0 radical (unpaired) electrons. The van der Waals surface area contributed by atoms with Crippen LogP contribution in [0.25, 0.3) is 10.1 Å². The van der Waals surface area contributed by atoms with Gasteiger partial charge in [0.25, 0.3) is 0 Å². The quantitative estimate of drug-likeness (QED) is 0.598. The van der Waals surface area contributed by atoms with Gasteiger partial charge in [-0.2, -0.15) is 0 Å². The Morgan fingerprint density at radius 2 is 2.29 bits per heavy atom. The molecule has 0 atom stereocenters. The minimum absolute atomic E-state index is 0.449. The molecule has 1 heterocycles. The molecule has 0 aliphatic rings. The molecule has 0 fully saturated rings. The summed E-state index contributed by atoms with van der Waals surface area (Å²) >= 11 is 10.8. The van der Waals surface area contributed by atoms with Crippen LogP contribution in [0.2, 0.25) is 0 Å². The van der Waals surface area contributed by atoms with Gasteiger partial charge in [0.15, 0.2) is 6.29 Å². The summed E-state index contributed by atoms with van der Waals surface area (Å²) in [6.45, 7) is 0. The number of benzene rings is 1. The molecule has 0 saturated carbocycles. The van der Waals surface area contributed by atoms with Gasteiger partial charge >= 0.3 is 0 Å².